The Morgan fingerprint density at radius 1 is 0.471 bits per heavy atom. The van der Waals surface area contributed by atoms with E-state index in [0.717, 1.165) is 94.4 Å². The van der Waals surface area contributed by atoms with E-state index >= 15 is 0 Å². The second kappa shape index (κ2) is 16.7. The standard InChI is InChI=1S/C65H65N3O2/c1-39-30-51-48-22-17-18-25-57(48)70-58(51)38-49(39)41-28-29-66-54(34-41)43-31-42(32-45(33-43)63(5,6)7)47-23-19-24-56-59(47)67-61(52-36-46(64(8,9)10)37-53(60(52)69)65(11,12)13)68(56)55-27-26-44(62(2,3)4)35-50(55)40-20-15-14-16-21-40/h14-38,69H,1-13H3. The van der Waals surface area contributed by atoms with Crippen molar-refractivity contribution in [1.82, 2.24) is 14.5 Å². The first-order valence-corrected chi connectivity index (χ1v) is 24.7. The lowest BCUT2D eigenvalue weighted by molar-refractivity contribution is 0.446. The summed E-state index contributed by atoms with van der Waals surface area (Å²) in [5.41, 5.74) is 18.5. The van der Waals surface area contributed by atoms with Crippen molar-refractivity contribution in [3.05, 3.63) is 180 Å². The molecule has 10 aromatic rings. The molecule has 1 N–H and O–H groups in total. The van der Waals surface area contributed by atoms with E-state index in [1.807, 2.05) is 18.3 Å². The summed E-state index contributed by atoms with van der Waals surface area (Å²) in [7, 11) is 0. The molecule has 10 rings (SSSR count). The first kappa shape index (κ1) is 46.5. The van der Waals surface area contributed by atoms with Gasteiger partial charge in [0.15, 0.2) is 0 Å². The fourth-order valence-corrected chi connectivity index (χ4v) is 9.92. The Hall–Kier alpha value is -7.24. The second-order valence-corrected chi connectivity index (χ2v) is 23.5. The number of hydrogen-bond donors (Lipinski definition) is 1. The van der Waals surface area contributed by atoms with Gasteiger partial charge in [0.05, 0.1) is 28.0 Å². The van der Waals surface area contributed by atoms with E-state index in [1.54, 1.807) is 0 Å². The maximum Gasteiger partial charge on any atom is 0.149 e. The fraction of sp³-hybridized carbons (Fsp3) is 0.262. The summed E-state index contributed by atoms with van der Waals surface area (Å²) in [5, 5.41) is 14.9. The first-order valence-electron chi connectivity index (χ1n) is 24.7. The summed E-state index contributed by atoms with van der Waals surface area (Å²) in [6.07, 6.45) is 1.92. The van der Waals surface area contributed by atoms with Crippen LogP contribution in [0.25, 0.3) is 94.7 Å². The molecule has 0 aliphatic heterocycles. The lowest BCUT2D eigenvalue weighted by Crippen LogP contribution is -2.17. The number of furan rings is 1. The summed E-state index contributed by atoms with van der Waals surface area (Å²) in [6.45, 7) is 29.0. The van der Waals surface area contributed by atoms with E-state index in [-0.39, 0.29) is 27.4 Å². The number of phenolic OH excluding ortho intramolecular Hbond substituents is 1. The Labute approximate surface area is 413 Å². The predicted molar refractivity (Wildman–Crippen MR) is 295 cm³/mol. The molecule has 0 radical (unpaired) electrons. The Bertz CT molecular complexity index is 3650. The molecule has 0 fully saturated rings. The zero-order valence-electron chi connectivity index (χ0n) is 43.1. The number of nitrogens with zero attached hydrogens (tertiary/aromatic N) is 3. The molecule has 0 spiro atoms. The summed E-state index contributed by atoms with van der Waals surface area (Å²) >= 11 is 0. The van der Waals surface area contributed by atoms with Crippen LogP contribution in [0.3, 0.4) is 0 Å². The van der Waals surface area contributed by atoms with E-state index in [4.69, 9.17) is 14.4 Å². The van der Waals surface area contributed by atoms with Crippen molar-refractivity contribution in [2.75, 3.05) is 0 Å². The average molecular weight is 920 g/mol. The highest BCUT2D eigenvalue weighted by Gasteiger charge is 2.30. The molecule has 0 aliphatic rings. The lowest BCUT2D eigenvalue weighted by Gasteiger charge is -2.28. The number of rotatable bonds is 6. The number of imidazole rings is 1. The number of hydrogen-bond acceptors (Lipinski definition) is 4. The highest BCUT2D eigenvalue weighted by molar-refractivity contribution is 6.06. The second-order valence-electron chi connectivity index (χ2n) is 23.5. The minimum atomic E-state index is -0.334. The molecule has 352 valence electrons. The van der Waals surface area contributed by atoms with Crippen molar-refractivity contribution in [2.24, 2.45) is 0 Å². The molecular weight excluding hydrogens is 855 g/mol. The molecule has 3 aromatic heterocycles. The summed E-state index contributed by atoms with van der Waals surface area (Å²) in [5.74, 6) is 0.944. The van der Waals surface area contributed by atoms with Crippen molar-refractivity contribution in [3.63, 3.8) is 0 Å². The molecule has 0 saturated heterocycles. The molecule has 3 heterocycles. The number of pyridine rings is 1. The average Bonchev–Trinajstić information content (AvgIpc) is 3.88. The lowest BCUT2D eigenvalue weighted by atomic mass is 9.79. The van der Waals surface area contributed by atoms with Crippen LogP contribution in [-0.4, -0.2) is 19.6 Å². The first-order chi connectivity index (χ1) is 33.0. The zero-order chi connectivity index (χ0) is 49.7. The molecule has 0 unspecified atom stereocenters. The van der Waals surface area contributed by atoms with Crippen molar-refractivity contribution >= 4 is 33.0 Å². The van der Waals surface area contributed by atoms with Crippen LogP contribution in [0.4, 0.5) is 0 Å². The van der Waals surface area contributed by atoms with Crippen molar-refractivity contribution in [2.45, 2.75) is 112 Å². The molecule has 0 aliphatic carbocycles. The third kappa shape index (κ3) is 8.40. The van der Waals surface area contributed by atoms with Crippen molar-refractivity contribution in [3.8, 4) is 67.5 Å². The minimum absolute atomic E-state index is 0.0822. The van der Waals surface area contributed by atoms with Gasteiger partial charge in [-0.2, -0.15) is 0 Å². The minimum Gasteiger partial charge on any atom is -0.507 e. The van der Waals surface area contributed by atoms with Gasteiger partial charge in [0.1, 0.15) is 22.7 Å². The highest BCUT2D eigenvalue weighted by atomic mass is 16.3. The van der Waals surface area contributed by atoms with Crippen LogP contribution in [0.5, 0.6) is 5.75 Å². The van der Waals surface area contributed by atoms with E-state index in [1.165, 1.54) is 16.7 Å². The summed E-state index contributed by atoms with van der Waals surface area (Å²) in [4.78, 5) is 10.8. The topological polar surface area (TPSA) is 64.1 Å². The largest absolute Gasteiger partial charge is 0.507 e. The van der Waals surface area contributed by atoms with Crippen LogP contribution < -0.4 is 0 Å². The summed E-state index contributed by atoms with van der Waals surface area (Å²) < 4.78 is 8.66. The number of fused-ring (bicyclic) bond motifs is 4. The maximum atomic E-state index is 12.6. The molecule has 0 bridgehead atoms. The molecular formula is C65H65N3O2. The molecule has 5 heteroatoms. The van der Waals surface area contributed by atoms with Crippen LogP contribution in [0.2, 0.25) is 0 Å². The highest BCUT2D eigenvalue weighted by Crippen LogP contribution is 2.47. The van der Waals surface area contributed by atoms with Gasteiger partial charge in [-0.25, -0.2) is 4.98 Å². The Balaban J connectivity index is 1.23. The monoisotopic (exact) mass is 920 g/mol. The Kier molecular flexibility index (Phi) is 11.1. The Morgan fingerprint density at radius 2 is 1.14 bits per heavy atom. The quantitative estimate of drug-likeness (QED) is 0.180. The number of benzene rings is 7. The number of phenols is 1. The van der Waals surface area contributed by atoms with Crippen LogP contribution in [-0.2, 0) is 21.7 Å². The van der Waals surface area contributed by atoms with Crippen LogP contribution >= 0.6 is 0 Å². The van der Waals surface area contributed by atoms with Gasteiger partial charge < -0.3 is 9.52 Å². The van der Waals surface area contributed by atoms with Crippen LogP contribution in [0, 0.1) is 6.92 Å². The van der Waals surface area contributed by atoms with E-state index in [2.05, 4.69) is 228 Å². The molecule has 7 aromatic carbocycles. The zero-order valence-corrected chi connectivity index (χ0v) is 43.1. The van der Waals surface area contributed by atoms with E-state index in [0.29, 0.717) is 11.4 Å². The summed E-state index contributed by atoms with van der Waals surface area (Å²) in [6, 6.07) is 52.2. The van der Waals surface area contributed by atoms with Gasteiger partial charge in [-0.1, -0.05) is 162 Å². The van der Waals surface area contributed by atoms with Gasteiger partial charge in [-0.05, 0) is 140 Å². The van der Waals surface area contributed by atoms with Crippen LogP contribution in [0.1, 0.15) is 111 Å². The third-order valence-corrected chi connectivity index (χ3v) is 14.1. The predicted octanol–water partition coefficient (Wildman–Crippen LogP) is 17.9. The molecule has 0 amide bonds. The third-order valence-electron chi connectivity index (χ3n) is 14.1. The van der Waals surface area contributed by atoms with Gasteiger partial charge in [0.25, 0.3) is 0 Å². The van der Waals surface area contributed by atoms with Gasteiger partial charge in [-0.15, -0.1) is 0 Å². The van der Waals surface area contributed by atoms with Gasteiger partial charge in [-0.3, -0.25) is 9.55 Å². The van der Waals surface area contributed by atoms with Crippen molar-refractivity contribution in [1.29, 1.82) is 0 Å². The Morgan fingerprint density at radius 3 is 1.86 bits per heavy atom. The molecule has 0 saturated carbocycles. The smallest absolute Gasteiger partial charge is 0.149 e. The van der Waals surface area contributed by atoms with E-state index < -0.39 is 0 Å². The molecule has 5 nitrogen and oxygen atoms in total. The van der Waals surface area contributed by atoms with Gasteiger partial charge >= 0.3 is 0 Å². The molecule has 0 atom stereocenters. The number of aromatic nitrogens is 3. The van der Waals surface area contributed by atoms with Gasteiger partial charge in [0.2, 0.25) is 0 Å². The van der Waals surface area contributed by atoms with Crippen LogP contribution in [0.15, 0.2) is 156 Å². The molecule has 70 heavy (non-hydrogen) atoms. The number of para-hydroxylation sites is 2. The van der Waals surface area contributed by atoms with Gasteiger partial charge in [0, 0.05) is 39.2 Å². The SMILES string of the molecule is Cc1cc2c(cc1-c1ccnc(-c3cc(-c4cccc5c4nc(-c4cc(C(C)(C)C)cc(C(C)(C)C)c4O)n5-c4ccc(C(C)(C)C)cc4-c4ccccc4)cc(C(C)(C)C)c3)c1)oc1ccccc12. The van der Waals surface area contributed by atoms with Crippen molar-refractivity contribution < 1.29 is 9.52 Å². The fourth-order valence-electron chi connectivity index (χ4n) is 9.92. The maximum absolute atomic E-state index is 12.6. The number of aromatic hydroxyl groups is 1. The van der Waals surface area contributed by atoms with E-state index in [9.17, 15) is 5.11 Å². The number of aryl methyl sites for hydroxylation is 1. The normalized spacial score (nSPS) is 12.7.